The summed E-state index contributed by atoms with van der Waals surface area (Å²) >= 11 is 0. The summed E-state index contributed by atoms with van der Waals surface area (Å²) in [6.07, 6.45) is 0. The maximum Gasteiger partial charge on any atom is 0.346 e. The van der Waals surface area contributed by atoms with Crippen LogP contribution in [0.4, 0.5) is 5.82 Å². The first-order chi connectivity index (χ1) is 8.43. The van der Waals surface area contributed by atoms with Crippen molar-refractivity contribution in [1.29, 1.82) is 0 Å². The van der Waals surface area contributed by atoms with Crippen LogP contribution >= 0.6 is 0 Å². The highest BCUT2D eigenvalue weighted by atomic mass is 28.3. The molecule has 0 aromatic carbocycles. The Labute approximate surface area is 115 Å². The first kappa shape index (κ1) is 15.8. The maximum absolute atomic E-state index is 11.7. The number of aromatic nitrogens is 2. The van der Waals surface area contributed by atoms with Gasteiger partial charge in [0.05, 0.1) is 16.1 Å². The molecular formula is C12H23N3O2Si2. The van der Waals surface area contributed by atoms with E-state index in [9.17, 15) is 9.59 Å². The zero-order chi connectivity index (χ0) is 15.0. The summed E-state index contributed by atoms with van der Waals surface area (Å²) in [6.45, 7) is 14.6. The summed E-state index contributed by atoms with van der Waals surface area (Å²) in [5.41, 5.74) is -0.386. The number of rotatable bonds is 3. The molecule has 0 aliphatic heterocycles. The van der Waals surface area contributed by atoms with E-state index in [2.05, 4.69) is 54.6 Å². The van der Waals surface area contributed by atoms with Crippen LogP contribution in [-0.4, -0.2) is 32.0 Å². The zero-order valence-corrected chi connectivity index (χ0v) is 14.8. The first-order valence-corrected chi connectivity index (χ1v) is 13.4. The summed E-state index contributed by atoms with van der Waals surface area (Å²) in [5.74, 6) is 0.256. The van der Waals surface area contributed by atoms with Crippen LogP contribution in [0.5, 0.6) is 0 Å². The fourth-order valence-corrected chi connectivity index (χ4v) is 7.26. The van der Waals surface area contributed by atoms with Gasteiger partial charge in [-0.05, 0) is 5.19 Å². The van der Waals surface area contributed by atoms with Gasteiger partial charge < -0.3 is 10.3 Å². The predicted molar refractivity (Wildman–Crippen MR) is 85.1 cm³/mol. The largest absolute Gasteiger partial charge is 0.346 e. The van der Waals surface area contributed by atoms with Gasteiger partial charge in [0, 0.05) is 12.2 Å². The van der Waals surface area contributed by atoms with Crippen molar-refractivity contribution in [3.63, 3.8) is 0 Å². The van der Waals surface area contributed by atoms with Gasteiger partial charge in [-0.2, -0.15) is 4.98 Å². The molecule has 0 unspecified atom stereocenters. The van der Waals surface area contributed by atoms with Gasteiger partial charge in [-0.1, -0.05) is 39.3 Å². The Bertz CT molecular complexity index is 554. The summed E-state index contributed by atoms with van der Waals surface area (Å²) in [5, 5.41) is 4.80. The fraction of sp³-hybridized carbons (Fsp3) is 0.583. The molecule has 1 aromatic heterocycles. The third-order valence-corrected chi connectivity index (χ3v) is 6.84. The minimum absolute atomic E-state index is 0.195. The minimum Gasteiger partial charge on any atom is -0.314 e. The lowest BCUT2D eigenvalue weighted by Crippen LogP contribution is -2.61. The van der Waals surface area contributed by atoms with E-state index in [1.807, 2.05) is 0 Å². The van der Waals surface area contributed by atoms with Gasteiger partial charge in [0.25, 0.3) is 0 Å². The highest BCUT2D eigenvalue weighted by molar-refractivity contribution is 6.98. The third kappa shape index (κ3) is 3.87. The van der Waals surface area contributed by atoms with Gasteiger partial charge in [0.2, 0.25) is 5.91 Å². The van der Waals surface area contributed by atoms with Gasteiger partial charge in [-0.25, -0.2) is 4.79 Å². The average Bonchev–Trinajstić information content (AvgIpc) is 2.11. The lowest BCUT2D eigenvalue weighted by Gasteiger charge is -2.28. The Morgan fingerprint density at radius 2 is 1.63 bits per heavy atom. The number of amides is 1. The van der Waals surface area contributed by atoms with Crippen molar-refractivity contribution in [3.8, 4) is 0 Å². The fourth-order valence-electron chi connectivity index (χ4n) is 2.02. The summed E-state index contributed by atoms with van der Waals surface area (Å²) in [7, 11) is -3.45. The number of hydrogen-bond donors (Lipinski definition) is 2. The number of H-pyrrole nitrogens is 1. The number of anilines is 1. The van der Waals surface area contributed by atoms with Crippen LogP contribution in [0.2, 0.25) is 39.3 Å². The SMILES string of the molecule is CC(=O)Nc1nc(=O)[nH]c([Si](C)(C)C)c1[Si](C)(C)C. The van der Waals surface area contributed by atoms with Crippen molar-refractivity contribution in [2.45, 2.75) is 46.2 Å². The normalized spacial score (nSPS) is 12.4. The molecule has 0 saturated heterocycles. The molecule has 0 radical (unpaired) electrons. The van der Waals surface area contributed by atoms with Crippen molar-refractivity contribution in [1.82, 2.24) is 9.97 Å². The van der Waals surface area contributed by atoms with Crippen molar-refractivity contribution in [3.05, 3.63) is 10.5 Å². The second-order valence-corrected chi connectivity index (χ2v) is 16.8. The van der Waals surface area contributed by atoms with Crippen LogP contribution in [0, 0.1) is 0 Å². The Hall–Kier alpha value is -1.22. The predicted octanol–water partition coefficient (Wildman–Crippen LogP) is 0.819. The van der Waals surface area contributed by atoms with Crippen molar-refractivity contribution >= 4 is 38.4 Å². The molecule has 1 aromatic rings. The van der Waals surface area contributed by atoms with Gasteiger partial charge in [0.15, 0.2) is 0 Å². The first-order valence-electron chi connectivity index (χ1n) is 6.36. The molecule has 106 valence electrons. The molecule has 1 heterocycles. The number of hydrogen-bond acceptors (Lipinski definition) is 3. The molecule has 0 bridgehead atoms. The molecule has 5 nitrogen and oxygen atoms in total. The number of nitrogens with one attached hydrogen (secondary N) is 2. The molecule has 7 heteroatoms. The Balaban J connectivity index is 3.68. The Kier molecular flexibility index (Phi) is 4.21. The number of nitrogens with zero attached hydrogens (tertiary/aromatic N) is 1. The number of carbonyl (C=O) groups is 1. The van der Waals surface area contributed by atoms with E-state index < -0.39 is 16.1 Å². The molecule has 1 rings (SSSR count). The lowest BCUT2D eigenvalue weighted by atomic mass is 10.5. The van der Waals surface area contributed by atoms with Crippen LogP contribution in [0.1, 0.15) is 6.92 Å². The van der Waals surface area contributed by atoms with Gasteiger partial charge in [0.1, 0.15) is 5.82 Å². The molecule has 0 aliphatic carbocycles. The number of carbonyl (C=O) groups excluding carboxylic acids is 1. The summed E-state index contributed by atoms with van der Waals surface area (Å²) in [6, 6.07) is 0. The van der Waals surface area contributed by atoms with E-state index in [1.54, 1.807) is 0 Å². The molecule has 0 aliphatic rings. The van der Waals surface area contributed by atoms with E-state index in [-0.39, 0.29) is 11.6 Å². The standard InChI is InChI=1S/C12H23N3O2Si2/c1-8(16)13-10-9(18(2,3)4)11(19(5,6)7)15-12(17)14-10/h1-7H3,(H2,13,14,15,16,17). The maximum atomic E-state index is 11.7. The minimum atomic E-state index is -1.73. The van der Waals surface area contributed by atoms with Gasteiger partial charge >= 0.3 is 5.69 Å². The van der Waals surface area contributed by atoms with Crippen molar-refractivity contribution < 1.29 is 4.79 Å². The molecule has 0 spiro atoms. The van der Waals surface area contributed by atoms with Crippen LogP contribution in [0.25, 0.3) is 0 Å². The highest BCUT2D eigenvalue weighted by Gasteiger charge is 2.32. The number of aromatic amines is 1. The average molecular weight is 298 g/mol. The molecule has 0 fully saturated rings. The Morgan fingerprint density at radius 1 is 1.11 bits per heavy atom. The smallest absolute Gasteiger partial charge is 0.314 e. The van der Waals surface area contributed by atoms with Crippen LogP contribution in [-0.2, 0) is 4.79 Å². The van der Waals surface area contributed by atoms with Crippen molar-refractivity contribution in [2.24, 2.45) is 0 Å². The molecule has 0 saturated carbocycles. The van der Waals surface area contributed by atoms with E-state index >= 15 is 0 Å². The molecule has 19 heavy (non-hydrogen) atoms. The lowest BCUT2D eigenvalue weighted by molar-refractivity contribution is -0.114. The quantitative estimate of drug-likeness (QED) is 0.811. The van der Waals surface area contributed by atoms with Crippen molar-refractivity contribution in [2.75, 3.05) is 5.32 Å². The molecular weight excluding hydrogens is 274 g/mol. The van der Waals surface area contributed by atoms with E-state index in [0.717, 1.165) is 10.5 Å². The highest BCUT2D eigenvalue weighted by Crippen LogP contribution is 2.09. The van der Waals surface area contributed by atoms with E-state index in [0.29, 0.717) is 5.82 Å². The van der Waals surface area contributed by atoms with Crippen LogP contribution in [0.3, 0.4) is 0 Å². The summed E-state index contributed by atoms with van der Waals surface area (Å²) in [4.78, 5) is 29.9. The third-order valence-electron chi connectivity index (χ3n) is 2.73. The van der Waals surface area contributed by atoms with Crippen LogP contribution < -0.4 is 21.5 Å². The molecule has 1 amide bonds. The van der Waals surface area contributed by atoms with Gasteiger partial charge in [-0.3, -0.25) is 4.79 Å². The van der Waals surface area contributed by atoms with E-state index in [4.69, 9.17) is 0 Å². The van der Waals surface area contributed by atoms with Gasteiger partial charge in [-0.15, -0.1) is 0 Å². The molecule has 0 atom stereocenters. The van der Waals surface area contributed by atoms with Crippen LogP contribution in [0.15, 0.2) is 4.79 Å². The summed E-state index contributed by atoms with van der Waals surface area (Å²) < 4.78 is 0. The Morgan fingerprint density at radius 3 is 2.00 bits per heavy atom. The zero-order valence-electron chi connectivity index (χ0n) is 12.8. The second-order valence-electron chi connectivity index (χ2n) is 6.82. The second kappa shape index (κ2) is 5.05. The van der Waals surface area contributed by atoms with E-state index in [1.165, 1.54) is 6.92 Å². The monoisotopic (exact) mass is 297 g/mol. The molecule has 2 N–H and O–H groups in total. The topological polar surface area (TPSA) is 74.8 Å².